The fraction of sp³-hybridized carbons (Fsp3) is 0.0357. The summed E-state index contributed by atoms with van der Waals surface area (Å²) in [6.07, 6.45) is 0. The molecule has 0 saturated carbocycles. The predicted octanol–water partition coefficient (Wildman–Crippen LogP) is 7.42. The van der Waals surface area contributed by atoms with Crippen LogP contribution in [-0.2, 0) is 4.79 Å². The second kappa shape index (κ2) is 10.6. The van der Waals surface area contributed by atoms with E-state index in [1.807, 2.05) is 77.4 Å². The van der Waals surface area contributed by atoms with Crippen molar-refractivity contribution in [1.82, 2.24) is 14.8 Å². The van der Waals surface area contributed by atoms with E-state index in [-0.39, 0.29) is 17.3 Å². The Morgan fingerprint density at radius 1 is 0.897 bits per heavy atom. The van der Waals surface area contributed by atoms with E-state index in [4.69, 9.17) is 11.6 Å². The lowest BCUT2D eigenvalue weighted by Crippen LogP contribution is -2.30. The van der Waals surface area contributed by atoms with E-state index < -0.39 is 4.92 Å². The zero-order chi connectivity index (χ0) is 26.9. The maximum atomic E-state index is 13.8. The summed E-state index contributed by atoms with van der Waals surface area (Å²) in [6, 6.07) is 29.0. The number of hydrogen-bond acceptors (Lipinski definition) is 7. The Balaban J connectivity index is 1.34. The molecule has 0 spiro atoms. The van der Waals surface area contributed by atoms with Gasteiger partial charge in [-0.05, 0) is 54.6 Å². The number of aromatic nitrogens is 3. The Kier molecular flexibility index (Phi) is 6.82. The predicted molar refractivity (Wildman–Crippen MR) is 153 cm³/mol. The standard InChI is InChI=1S/C28H18ClN5O3S2/c29-19-12-15-25-23(16-19)33(22-8-4-5-9-24(22)39-25)26(35)17-38-28-31-30-27(32(28)20-6-2-1-3-7-20)18-10-13-21(14-11-18)34(36)37/h1-16H,17H2. The number of thioether (sulfide) groups is 1. The number of para-hydroxylation sites is 2. The van der Waals surface area contributed by atoms with Gasteiger partial charge in [0.25, 0.3) is 5.69 Å². The van der Waals surface area contributed by atoms with Crippen molar-refractivity contribution in [2.75, 3.05) is 10.7 Å². The molecular formula is C28H18ClN5O3S2. The quantitative estimate of drug-likeness (QED) is 0.119. The smallest absolute Gasteiger partial charge is 0.269 e. The van der Waals surface area contributed by atoms with Crippen LogP contribution in [0.2, 0.25) is 5.02 Å². The molecule has 8 nitrogen and oxygen atoms in total. The van der Waals surface area contributed by atoms with E-state index in [0.29, 0.717) is 21.6 Å². The highest BCUT2D eigenvalue weighted by Crippen LogP contribution is 2.49. The fourth-order valence-electron chi connectivity index (χ4n) is 4.28. The molecule has 1 amide bonds. The lowest BCUT2D eigenvalue weighted by atomic mass is 10.2. The summed E-state index contributed by atoms with van der Waals surface area (Å²) in [5, 5.41) is 21.0. The Labute approximate surface area is 236 Å². The Hall–Kier alpha value is -4.12. The summed E-state index contributed by atoms with van der Waals surface area (Å²) >= 11 is 9.19. The number of nitro groups is 1. The molecule has 39 heavy (non-hydrogen) atoms. The molecule has 0 N–H and O–H groups in total. The van der Waals surface area contributed by atoms with Crippen molar-refractivity contribution in [2.45, 2.75) is 14.9 Å². The molecule has 192 valence electrons. The van der Waals surface area contributed by atoms with Crippen LogP contribution in [-0.4, -0.2) is 31.3 Å². The first-order valence-electron chi connectivity index (χ1n) is 11.8. The van der Waals surface area contributed by atoms with Gasteiger partial charge in [-0.2, -0.15) is 0 Å². The second-order valence-corrected chi connectivity index (χ2v) is 10.9. The maximum Gasteiger partial charge on any atom is 0.269 e. The highest BCUT2D eigenvalue weighted by atomic mass is 35.5. The summed E-state index contributed by atoms with van der Waals surface area (Å²) in [5.74, 6) is 0.481. The van der Waals surface area contributed by atoms with Gasteiger partial charge in [0.15, 0.2) is 11.0 Å². The number of nitro benzene ring substituents is 1. The minimum absolute atomic E-state index is 0.00918. The average molecular weight is 572 g/mol. The topological polar surface area (TPSA) is 94.2 Å². The maximum absolute atomic E-state index is 13.8. The van der Waals surface area contributed by atoms with E-state index in [1.165, 1.54) is 23.9 Å². The zero-order valence-corrected chi connectivity index (χ0v) is 22.5. The third kappa shape index (κ3) is 4.89. The highest BCUT2D eigenvalue weighted by molar-refractivity contribution is 8.00. The van der Waals surface area contributed by atoms with E-state index in [9.17, 15) is 14.9 Å². The number of rotatable bonds is 6. The second-order valence-electron chi connectivity index (χ2n) is 8.48. The minimum Gasteiger partial charge on any atom is -0.278 e. The largest absolute Gasteiger partial charge is 0.278 e. The number of anilines is 2. The molecule has 0 bridgehead atoms. The van der Waals surface area contributed by atoms with Gasteiger partial charge in [-0.25, -0.2) is 0 Å². The molecule has 0 fully saturated rings. The summed E-state index contributed by atoms with van der Waals surface area (Å²) in [4.78, 5) is 28.1. The molecule has 6 rings (SSSR count). The summed E-state index contributed by atoms with van der Waals surface area (Å²) in [6.45, 7) is 0. The average Bonchev–Trinajstić information content (AvgIpc) is 3.39. The number of hydrogen-bond donors (Lipinski definition) is 0. The van der Waals surface area contributed by atoms with Gasteiger partial charge in [0.05, 0.1) is 22.1 Å². The van der Waals surface area contributed by atoms with Crippen molar-refractivity contribution < 1.29 is 9.72 Å². The summed E-state index contributed by atoms with van der Waals surface area (Å²) in [7, 11) is 0. The van der Waals surface area contributed by atoms with Crippen LogP contribution >= 0.6 is 35.1 Å². The normalized spacial score (nSPS) is 12.1. The summed E-state index contributed by atoms with van der Waals surface area (Å²) < 4.78 is 1.85. The molecule has 1 aliphatic rings. The molecule has 4 aromatic carbocycles. The van der Waals surface area contributed by atoms with Crippen LogP contribution in [0.5, 0.6) is 0 Å². The molecule has 2 heterocycles. The van der Waals surface area contributed by atoms with E-state index in [0.717, 1.165) is 26.9 Å². The van der Waals surface area contributed by atoms with Crippen molar-refractivity contribution in [3.05, 3.63) is 112 Å². The van der Waals surface area contributed by atoms with Crippen molar-refractivity contribution in [3.8, 4) is 17.1 Å². The minimum atomic E-state index is -0.443. The fourth-order valence-corrected chi connectivity index (χ4v) is 6.29. The number of benzene rings is 4. The van der Waals surface area contributed by atoms with Gasteiger partial charge in [-0.1, -0.05) is 65.5 Å². The Morgan fingerprint density at radius 3 is 2.38 bits per heavy atom. The van der Waals surface area contributed by atoms with Crippen LogP contribution in [0.25, 0.3) is 17.1 Å². The highest BCUT2D eigenvalue weighted by Gasteiger charge is 2.29. The van der Waals surface area contributed by atoms with Gasteiger partial charge in [0.1, 0.15) is 0 Å². The van der Waals surface area contributed by atoms with Gasteiger partial charge < -0.3 is 0 Å². The zero-order valence-electron chi connectivity index (χ0n) is 20.1. The number of non-ortho nitro benzene ring substituents is 1. The molecule has 11 heteroatoms. The van der Waals surface area contributed by atoms with Gasteiger partial charge in [0.2, 0.25) is 5.91 Å². The number of carbonyl (C=O) groups excluding carboxylic acids is 1. The first kappa shape index (κ1) is 25.2. The van der Waals surface area contributed by atoms with Crippen LogP contribution in [0.1, 0.15) is 0 Å². The molecule has 0 radical (unpaired) electrons. The van der Waals surface area contributed by atoms with Gasteiger partial charge in [-0.15, -0.1) is 10.2 Å². The molecule has 1 aromatic heterocycles. The van der Waals surface area contributed by atoms with Crippen LogP contribution in [0.15, 0.2) is 112 Å². The Morgan fingerprint density at radius 2 is 1.62 bits per heavy atom. The van der Waals surface area contributed by atoms with Gasteiger partial charge in [0, 0.05) is 38.2 Å². The molecular weight excluding hydrogens is 554 g/mol. The first-order valence-corrected chi connectivity index (χ1v) is 14.0. The number of carbonyl (C=O) groups is 1. The Bertz CT molecular complexity index is 1710. The van der Waals surface area contributed by atoms with Crippen molar-refractivity contribution >= 4 is 58.1 Å². The van der Waals surface area contributed by atoms with E-state index in [2.05, 4.69) is 10.2 Å². The van der Waals surface area contributed by atoms with Gasteiger partial charge in [-0.3, -0.25) is 24.4 Å². The number of amides is 1. The van der Waals surface area contributed by atoms with E-state index in [1.54, 1.807) is 28.8 Å². The van der Waals surface area contributed by atoms with E-state index >= 15 is 0 Å². The van der Waals surface area contributed by atoms with Crippen molar-refractivity contribution in [2.24, 2.45) is 0 Å². The molecule has 0 aliphatic carbocycles. The number of halogens is 1. The number of nitrogens with zero attached hydrogens (tertiary/aromatic N) is 5. The third-order valence-corrected chi connectivity index (χ3v) is 8.33. The summed E-state index contributed by atoms with van der Waals surface area (Å²) in [5.41, 5.74) is 3.01. The van der Waals surface area contributed by atoms with Crippen molar-refractivity contribution in [3.63, 3.8) is 0 Å². The third-order valence-electron chi connectivity index (χ3n) is 6.05. The van der Waals surface area contributed by atoms with Crippen LogP contribution < -0.4 is 4.90 Å². The molecule has 1 aliphatic heterocycles. The van der Waals surface area contributed by atoms with Crippen LogP contribution in [0, 0.1) is 10.1 Å². The lowest BCUT2D eigenvalue weighted by molar-refractivity contribution is -0.384. The number of fused-ring (bicyclic) bond motifs is 2. The van der Waals surface area contributed by atoms with Crippen molar-refractivity contribution in [1.29, 1.82) is 0 Å². The van der Waals surface area contributed by atoms with Crippen LogP contribution in [0.3, 0.4) is 0 Å². The molecule has 0 atom stereocenters. The SMILES string of the molecule is O=C(CSc1nnc(-c2ccc([N+](=O)[O-])cc2)n1-c1ccccc1)N1c2ccccc2Sc2ccc(Cl)cc21. The van der Waals surface area contributed by atoms with Crippen LogP contribution in [0.4, 0.5) is 17.1 Å². The first-order chi connectivity index (χ1) is 19.0. The molecule has 0 saturated heterocycles. The molecule has 0 unspecified atom stereocenters. The van der Waals surface area contributed by atoms with Gasteiger partial charge >= 0.3 is 0 Å². The molecule has 5 aromatic rings. The monoisotopic (exact) mass is 571 g/mol. The lowest BCUT2D eigenvalue weighted by Gasteiger charge is -2.31.